The number of hydrogen-bond acceptors (Lipinski definition) is 3. The van der Waals surface area contributed by atoms with Crippen molar-refractivity contribution in [3.63, 3.8) is 0 Å². The fourth-order valence-electron chi connectivity index (χ4n) is 2.08. The fourth-order valence-corrected chi connectivity index (χ4v) is 2.08. The molecule has 0 aliphatic heterocycles. The summed E-state index contributed by atoms with van der Waals surface area (Å²) in [6, 6.07) is 16.6. The van der Waals surface area contributed by atoms with Gasteiger partial charge in [-0.2, -0.15) is 5.10 Å². The van der Waals surface area contributed by atoms with Crippen molar-refractivity contribution in [3.05, 3.63) is 72.6 Å². The predicted octanol–water partition coefficient (Wildman–Crippen LogP) is 2.97. The number of hydrogen-bond donors (Lipinski definition) is 2. The highest BCUT2D eigenvalue weighted by Crippen LogP contribution is 2.27. The Balaban J connectivity index is 2.07. The van der Waals surface area contributed by atoms with Crippen LogP contribution < -0.4 is 10.6 Å². The van der Waals surface area contributed by atoms with Crippen molar-refractivity contribution in [2.45, 2.75) is 0 Å². The molecule has 0 bridgehead atoms. The summed E-state index contributed by atoms with van der Waals surface area (Å²) in [4.78, 5) is 14.4. The number of aromatic amines is 1. The molecule has 0 spiro atoms. The molecule has 5 nitrogen and oxygen atoms in total. The van der Waals surface area contributed by atoms with Crippen molar-refractivity contribution in [2.24, 2.45) is 0 Å². The molecule has 0 fully saturated rings. The van der Waals surface area contributed by atoms with Gasteiger partial charge >= 0.3 is 0 Å². The number of nitrogens with zero attached hydrogens (tertiary/aromatic N) is 2. The smallest absolute Gasteiger partial charge is 0.266 e. The number of nitrogens with one attached hydrogen (secondary N) is 1. The Kier molecular flexibility index (Phi) is 3.39. The Hall–Kier alpha value is -3.08. The van der Waals surface area contributed by atoms with E-state index in [4.69, 9.17) is 5.73 Å². The van der Waals surface area contributed by atoms with E-state index >= 15 is 0 Å². The van der Waals surface area contributed by atoms with Gasteiger partial charge in [0.25, 0.3) is 5.91 Å². The number of carbonyl (C=O) groups is 1. The van der Waals surface area contributed by atoms with Gasteiger partial charge in [0.15, 0.2) is 0 Å². The molecule has 0 radical (unpaired) electrons. The number of carbonyl (C=O) groups excluding carboxylic acids is 1. The third-order valence-electron chi connectivity index (χ3n) is 3.11. The van der Waals surface area contributed by atoms with Crippen LogP contribution in [-0.4, -0.2) is 16.1 Å². The zero-order valence-electron chi connectivity index (χ0n) is 11.2. The summed E-state index contributed by atoms with van der Waals surface area (Å²) in [7, 11) is 0. The first-order valence-electron chi connectivity index (χ1n) is 6.49. The highest BCUT2D eigenvalue weighted by molar-refractivity contribution is 6.10. The van der Waals surface area contributed by atoms with Gasteiger partial charge in [-0.15, -0.1) is 0 Å². The summed E-state index contributed by atoms with van der Waals surface area (Å²) >= 11 is 0. The number of nitrogen functional groups attached to an aromatic ring is 1. The molecule has 3 rings (SSSR count). The van der Waals surface area contributed by atoms with Gasteiger partial charge < -0.3 is 5.73 Å². The number of H-pyrrole nitrogens is 1. The Morgan fingerprint density at radius 1 is 1.00 bits per heavy atom. The lowest BCUT2D eigenvalue weighted by Gasteiger charge is -2.22. The third-order valence-corrected chi connectivity index (χ3v) is 3.11. The lowest BCUT2D eigenvalue weighted by atomic mass is 10.2. The summed E-state index contributed by atoms with van der Waals surface area (Å²) in [6.07, 6.45) is 3.09. The van der Waals surface area contributed by atoms with Gasteiger partial charge in [0, 0.05) is 23.3 Å². The maximum absolute atomic E-state index is 12.7. The molecule has 21 heavy (non-hydrogen) atoms. The van der Waals surface area contributed by atoms with Crippen LogP contribution >= 0.6 is 0 Å². The van der Waals surface area contributed by atoms with E-state index in [1.165, 1.54) is 6.20 Å². The van der Waals surface area contributed by atoms with Crippen molar-refractivity contribution in [1.29, 1.82) is 0 Å². The van der Waals surface area contributed by atoms with Gasteiger partial charge in [-0.3, -0.25) is 14.8 Å². The van der Waals surface area contributed by atoms with E-state index in [9.17, 15) is 4.79 Å². The summed E-state index contributed by atoms with van der Waals surface area (Å²) < 4.78 is 0. The molecule has 104 valence electrons. The Bertz CT molecular complexity index is 721. The molecule has 3 aromatic rings. The molecule has 0 aliphatic carbocycles. The van der Waals surface area contributed by atoms with Crippen LogP contribution in [0.5, 0.6) is 0 Å². The van der Waals surface area contributed by atoms with E-state index in [-0.39, 0.29) is 5.91 Å². The fraction of sp³-hybridized carbons (Fsp3) is 0. The highest BCUT2D eigenvalue weighted by atomic mass is 16.2. The molecule has 2 aromatic carbocycles. The summed E-state index contributed by atoms with van der Waals surface area (Å²) in [5.74, 6) is -0.153. The molecule has 0 unspecified atom stereocenters. The predicted molar refractivity (Wildman–Crippen MR) is 82.4 cm³/mol. The van der Waals surface area contributed by atoms with Crippen molar-refractivity contribution >= 4 is 23.0 Å². The zero-order chi connectivity index (χ0) is 14.7. The SMILES string of the molecule is Nc1ccc(N(C(=O)c2cn[nH]c2)c2ccccc2)cc1. The number of amides is 1. The minimum absolute atomic E-state index is 0.153. The highest BCUT2D eigenvalue weighted by Gasteiger charge is 2.20. The summed E-state index contributed by atoms with van der Waals surface area (Å²) in [5.41, 5.74) is 8.41. The molecule has 0 aliphatic rings. The average molecular weight is 278 g/mol. The minimum Gasteiger partial charge on any atom is -0.399 e. The monoisotopic (exact) mass is 278 g/mol. The largest absolute Gasteiger partial charge is 0.399 e. The molecule has 5 heteroatoms. The lowest BCUT2D eigenvalue weighted by molar-refractivity contribution is 0.0999. The second-order valence-corrected chi connectivity index (χ2v) is 4.55. The van der Waals surface area contributed by atoms with Crippen molar-refractivity contribution in [1.82, 2.24) is 10.2 Å². The van der Waals surface area contributed by atoms with Crippen LogP contribution in [0.2, 0.25) is 0 Å². The van der Waals surface area contributed by atoms with E-state index in [2.05, 4.69) is 10.2 Å². The Morgan fingerprint density at radius 3 is 2.29 bits per heavy atom. The molecular weight excluding hydrogens is 264 g/mol. The van der Waals surface area contributed by atoms with Crippen LogP contribution in [-0.2, 0) is 0 Å². The van der Waals surface area contributed by atoms with Gasteiger partial charge in [0.05, 0.1) is 11.8 Å². The maximum Gasteiger partial charge on any atom is 0.266 e. The minimum atomic E-state index is -0.153. The lowest BCUT2D eigenvalue weighted by Crippen LogP contribution is -2.25. The van der Waals surface area contributed by atoms with Gasteiger partial charge in [-0.1, -0.05) is 18.2 Å². The average Bonchev–Trinajstić information content (AvgIpc) is 3.05. The Labute approximate surface area is 122 Å². The first-order chi connectivity index (χ1) is 10.3. The molecule has 1 amide bonds. The first-order valence-corrected chi connectivity index (χ1v) is 6.49. The topological polar surface area (TPSA) is 75.0 Å². The van der Waals surface area contributed by atoms with Crippen molar-refractivity contribution in [2.75, 3.05) is 10.6 Å². The molecule has 0 saturated heterocycles. The molecule has 1 aromatic heterocycles. The molecule has 0 atom stereocenters. The van der Waals surface area contributed by atoms with Crippen LogP contribution in [0.4, 0.5) is 17.1 Å². The third kappa shape index (κ3) is 2.62. The van der Waals surface area contributed by atoms with E-state index in [0.717, 1.165) is 11.4 Å². The van der Waals surface area contributed by atoms with Gasteiger partial charge in [-0.05, 0) is 36.4 Å². The maximum atomic E-state index is 12.7. The summed E-state index contributed by atoms with van der Waals surface area (Å²) in [5, 5.41) is 6.49. The number of benzene rings is 2. The van der Waals surface area contributed by atoms with Crippen LogP contribution in [0.15, 0.2) is 67.0 Å². The number of aromatic nitrogens is 2. The van der Waals surface area contributed by atoms with Gasteiger partial charge in [0.2, 0.25) is 0 Å². The zero-order valence-corrected chi connectivity index (χ0v) is 11.2. The van der Waals surface area contributed by atoms with E-state index in [1.54, 1.807) is 23.2 Å². The summed E-state index contributed by atoms with van der Waals surface area (Å²) in [6.45, 7) is 0. The molecule has 3 N–H and O–H groups in total. The van der Waals surface area contributed by atoms with Crippen molar-refractivity contribution in [3.8, 4) is 0 Å². The van der Waals surface area contributed by atoms with E-state index in [0.29, 0.717) is 11.3 Å². The first kappa shape index (κ1) is 12.9. The molecule has 0 saturated carbocycles. The van der Waals surface area contributed by atoms with Crippen LogP contribution in [0.3, 0.4) is 0 Å². The standard InChI is InChI=1S/C16H14N4O/c17-13-6-8-15(9-7-13)20(14-4-2-1-3-5-14)16(21)12-10-18-19-11-12/h1-11H,17H2,(H,18,19). The van der Waals surface area contributed by atoms with Gasteiger partial charge in [-0.25, -0.2) is 0 Å². The van der Waals surface area contributed by atoms with Crippen LogP contribution in [0.1, 0.15) is 10.4 Å². The van der Waals surface area contributed by atoms with E-state index in [1.807, 2.05) is 42.5 Å². The van der Waals surface area contributed by atoms with E-state index < -0.39 is 0 Å². The normalized spacial score (nSPS) is 10.3. The number of rotatable bonds is 3. The number of nitrogens with two attached hydrogens (primary N) is 1. The quantitative estimate of drug-likeness (QED) is 0.723. The molecular formula is C16H14N4O. The van der Waals surface area contributed by atoms with Crippen molar-refractivity contribution < 1.29 is 4.79 Å². The number of anilines is 3. The second kappa shape index (κ2) is 5.50. The Morgan fingerprint density at radius 2 is 1.67 bits per heavy atom. The van der Waals surface area contributed by atoms with Crippen LogP contribution in [0, 0.1) is 0 Å². The van der Waals surface area contributed by atoms with Crippen LogP contribution in [0.25, 0.3) is 0 Å². The second-order valence-electron chi connectivity index (χ2n) is 4.55. The number of para-hydroxylation sites is 1. The van der Waals surface area contributed by atoms with Gasteiger partial charge in [0.1, 0.15) is 0 Å². The molecule has 1 heterocycles.